The van der Waals surface area contributed by atoms with Crippen molar-refractivity contribution in [1.82, 2.24) is 0 Å². The lowest BCUT2D eigenvalue weighted by molar-refractivity contribution is -0.909. The van der Waals surface area contributed by atoms with Crippen molar-refractivity contribution in [3.63, 3.8) is 0 Å². The van der Waals surface area contributed by atoms with Gasteiger partial charge in [0.1, 0.15) is 0 Å². The SMILES string of the molecule is Cc1c(C(C)C)ccc[n+]1O. The predicted octanol–water partition coefficient (Wildman–Crippen LogP) is 1.64. The highest BCUT2D eigenvalue weighted by molar-refractivity contribution is 5.17. The van der Waals surface area contributed by atoms with Gasteiger partial charge in [0.05, 0.1) is 0 Å². The fourth-order valence-electron chi connectivity index (χ4n) is 1.20. The van der Waals surface area contributed by atoms with Crippen LogP contribution in [-0.2, 0) is 0 Å². The van der Waals surface area contributed by atoms with E-state index in [9.17, 15) is 5.21 Å². The van der Waals surface area contributed by atoms with E-state index in [4.69, 9.17) is 0 Å². The Balaban J connectivity index is 3.17. The van der Waals surface area contributed by atoms with Crippen LogP contribution in [0.1, 0.15) is 31.0 Å². The zero-order valence-corrected chi connectivity index (χ0v) is 7.20. The highest BCUT2D eigenvalue weighted by Crippen LogP contribution is 2.14. The molecular formula is C9H14NO+. The molecule has 0 amide bonds. The average molecular weight is 152 g/mol. The van der Waals surface area contributed by atoms with Gasteiger partial charge < -0.3 is 0 Å². The van der Waals surface area contributed by atoms with E-state index in [-0.39, 0.29) is 0 Å². The Morgan fingerprint density at radius 1 is 1.45 bits per heavy atom. The first-order valence-electron chi connectivity index (χ1n) is 3.83. The average Bonchev–Trinajstić information content (AvgIpc) is 1.94. The highest BCUT2D eigenvalue weighted by Gasteiger charge is 2.12. The van der Waals surface area contributed by atoms with Crippen LogP contribution in [0.3, 0.4) is 0 Å². The second-order valence-corrected chi connectivity index (χ2v) is 3.05. The molecule has 0 saturated heterocycles. The summed E-state index contributed by atoms with van der Waals surface area (Å²) in [7, 11) is 0. The van der Waals surface area contributed by atoms with E-state index in [0.29, 0.717) is 5.92 Å². The smallest absolute Gasteiger partial charge is 0.234 e. The number of hydrogen-bond acceptors (Lipinski definition) is 1. The summed E-state index contributed by atoms with van der Waals surface area (Å²) in [4.78, 5) is 0. The third kappa shape index (κ3) is 1.50. The van der Waals surface area contributed by atoms with Gasteiger partial charge in [-0.05, 0) is 12.0 Å². The van der Waals surface area contributed by atoms with Crippen molar-refractivity contribution in [2.75, 3.05) is 0 Å². The van der Waals surface area contributed by atoms with Crippen LogP contribution in [0.25, 0.3) is 0 Å². The van der Waals surface area contributed by atoms with E-state index < -0.39 is 0 Å². The van der Waals surface area contributed by atoms with E-state index in [0.717, 1.165) is 10.4 Å². The molecule has 0 fully saturated rings. The Kier molecular flexibility index (Phi) is 2.13. The van der Waals surface area contributed by atoms with E-state index in [1.54, 1.807) is 6.20 Å². The van der Waals surface area contributed by atoms with Crippen LogP contribution in [0.2, 0.25) is 0 Å². The zero-order valence-electron chi connectivity index (χ0n) is 7.20. The molecule has 1 N–H and O–H groups in total. The second kappa shape index (κ2) is 2.91. The lowest BCUT2D eigenvalue weighted by atomic mass is 10.0. The number of rotatable bonds is 1. The lowest BCUT2D eigenvalue weighted by Crippen LogP contribution is -2.34. The van der Waals surface area contributed by atoms with E-state index in [1.165, 1.54) is 5.56 Å². The molecule has 1 aromatic rings. The summed E-state index contributed by atoms with van der Waals surface area (Å²) in [6.45, 7) is 6.14. The Labute approximate surface area is 67.1 Å². The normalized spacial score (nSPS) is 10.5. The molecule has 0 aliphatic rings. The van der Waals surface area contributed by atoms with Crippen LogP contribution in [-0.4, -0.2) is 5.21 Å². The van der Waals surface area contributed by atoms with Crippen molar-refractivity contribution >= 4 is 0 Å². The maximum Gasteiger partial charge on any atom is 0.234 e. The molecule has 0 atom stereocenters. The Morgan fingerprint density at radius 2 is 2.09 bits per heavy atom. The van der Waals surface area contributed by atoms with E-state index in [2.05, 4.69) is 13.8 Å². The van der Waals surface area contributed by atoms with Crippen molar-refractivity contribution in [2.24, 2.45) is 0 Å². The molecule has 60 valence electrons. The summed E-state index contributed by atoms with van der Waals surface area (Å²) < 4.78 is 1.16. The minimum Gasteiger partial charge on any atom is -0.285 e. The molecule has 1 rings (SSSR count). The van der Waals surface area contributed by atoms with E-state index in [1.807, 2.05) is 19.1 Å². The van der Waals surface area contributed by atoms with Crippen LogP contribution in [0.15, 0.2) is 18.3 Å². The molecule has 0 aliphatic heterocycles. The quantitative estimate of drug-likeness (QED) is 0.480. The Bertz CT molecular complexity index is 256. The number of hydrogen-bond donors (Lipinski definition) is 1. The van der Waals surface area contributed by atoms with Gasteiger partial charge in [0.25, 0.3) is 0 Å². The summed E-state index contributed by atoms with van der Waals surface area (Å²) in [5.41, 5.74) is 2.11. The highest BCUT2D eigenvalue weighted by atomic mass is 16.5. The van der Waals surface area contributed by atoms with Gasteiger partial charge in [-0.2, -0.15) is 0 Å². The molecular weight excluding hydrogens is 138 g/mol. The molecule has 0 saturated carbocycles. The maximum absolute atomic E-state index is 9.27. The first kappa shape index (κ1) is 8.05. The maximum atomic E-state index is 9.27. The minimum atomic E-state index is 0.467. The van der Waals surface area contributed by atoms with Crippen molar-refractivity contribution in [1.29, 1.82) is 0 Å². The topological polar surface area (TPSA) is 24.1 Å². The van der Waals surface area contributed by atoms with Crippen molar-refractivity contribution < 1.29 is 9.94 Å². The van der Waals surface area contributed by atoms with Gasteiger partial charge in [0.2, 0.25) is 11.9 Å². The van der Waals surface area contributed by atoms with Gasteiger partial charge in [0, 0.05) is 23.3 Å². The summed E-state index contributed by atoms with van der Waals surface area (Å²) in [5.74, 6) is 0.467. The minimum absolute atomic E-state index is 0.467. The van der Waals surface area contributed by atoms with Gasteiger partial charge in [-0.15, -0.1) is 0 Å². The van der Waals surface area contributed by atoms with E-state index >= 15 is 0 Å². The Hall–Kier alpha value is -1.05. The van der Waals surface area contributed by atoms with Crippen LogP contribution >= 0.6 is 0 Å². The van der Waals surface area contributed by atoms with Gasteiger partial charge in [-0.1, -0.05) is 13.8 Å². The fraction of sp³-hybridized carbons (Fsp3) is 0.444. The fourth-order valence-corrected chi connectivity index (χ4v) is 1.20. The second-order valence-electron chi connectivity index (χ2n) is 3.05. The van der Waals surface area contributed by atoms with Crippen molar-refractivity contribution in [3.8, 4) is 0 Å². The summed E-state index contributed by atoms with van der Waals surface area (Å²) in [6, 6.07) is 3.88. The van der Waals surface area contributed by atoms with Crippen LogP contribution in [0.5, 0.6) is 0 Å². The molecule has 0 spiro atoms. The van der Waals surface area contributed by atoms with Crippen molar-refractivity contribution in [3.05, 3.63) is 29.6 Å². The third-order valence-electron chi connectivity index (χ3n) is 1.89. The molecule has 0 unspecified atom stereocenters. The molecule has 2 nitrogen and oxygen atoms in total. The monoisotopic (exact) mass is 152 g/mol. The molecule has 1 aromatic heterocycles. The first-order chi connectivity index (χ1) is 5.13. The number of nitrogens with zero attached hydrogens (tertiary/aromatic N) is 1. The van der Waals surface area contributed by atoms with Gasteiger partial charge in [-0.3, -0.25) is 5.21 Å². The lowest BCUT2D eigenvalue weighted by Gasteiger charge is -2.03. The largest absolute Gasteiger partial charge is 0.285 e. The third-order valence-corrected chi connectivity index (χ3v) is 1.89. The summed E-state index contributed by atoms with van der Waals surface area (Å²) in [5, 5.41) is 9.27. The van der Waals surface area contributed by atoms with Gasteiger partial charge in [0.15, 0.2) is 0 Å². The van der Waals surface area contributed by atoms with Crippen LogP contribution in [0, 0.1) is 6.92 Å². The molecule has 0 radical (unpaired) electrons. The molecule has 11 heavy (non-hydrogen) atoms. The van der Waals surface area contributed by atoms with Gasteiger partial charge >= 0.3 is 0 Å². The van der Waals surface area contributed by atoms with Crippen LogP contribution in [0.4, 0.5) is 0 Å². The molecule has 1 heterocycles. The zero-order chi connectivity index (χ0) is 8.43. The van der Waals surface area contributed by atoms with Crippen LogP contribution < -0.4 is 4.73 Å². The molecule has 0 aliphatic carbocycles. The molecule has 2 heteroatoms. The molecule has 0 aromatic carbocycles. The number of aromatic nitrogens is 1. The summed E-state index contributed by atoms with van der Waals surface area (Å²) >= 11 is 0. The van der Waals surface area contributed by atoms with Crippen molar-refractivity contribution in [2.45, 2.75) is 26.7 Å². The molecule has 0 bridgehead atoms. The standard InChI is InChI=1S/C9H14NO/c1-7(2)9-5-4-6-10(11)8(9)3/h4-7,11H,1-3H3/q+1. The summed E-state index contributed by atoms with van der Waals surface area (Å²) in [6.07, 6.45) is 1.64. The predicted molar refractivity (Wildman–Crippen MR) is 42.6 cm³/mol. The first-order valence-corrected chi connectivity index (χ1v) is 3.83. The Morgan fingerprint density at radius 3 is 2.55 bits per heavy atom. The number of pyridine rings is 1. The van der Waals surface area contributed by atoms with Gasteiger partial charge in [-0.25, -0.2) is 0 Å².